The molecule has 1 N–H and O–H groups in total. The minimum atomic E-state index is -0.397. The van der Waals surface area contributed by atoms with E-state index in [-0.39, 0.29) is 5.69 Å². The molecular formula is C15H15BrN2O3. The van der Waals surface area contributed by atoms with Gasteiger partial charge in [-0.25, -0.2) is 0 Å². The Hall–Kier alpha value is -1.92. The molecule has 5 nitrogen and oxygen atoms in total. The highest BCUT2D eigenvalue weighted by atomic mass is 79.9. The lowest BCUT2D eigenvalue weighted by atomic mass is 10.2. The molecule has 2 rings (SSSR count). The van der Waals surface area contributed by atoms with Gasteiger partial charge >= 0.3 is 0 Å². The second kappa shape index (κ2) is 7.75. The lowest BCUT2D eigenvalue weighted by Crippen LogP contribution is -2.20. The van der Waals surface area contributed by atoms with Gasteiger partial charge in [0.2, 0.25) is 0 Å². The van der Waals surface area contributed by atoms with Crippen molar-refractivity contribution in [2.24, 2.45) is 0 Å². The largest absolute Gasteiger partial charge is 0.492 e. The van der Waals surface area contributed by atoms with Crippen LogP contribution in [0.2, 0.25) is 0 Å². The van der Waals surface area contributed by atoms with E-state index in [9.17, 15) is 10.1 Å². The molecule has 2 aromatic rings. The Morgan fingerprint density at radius 1 is 1.19 bits per heavy atom. The van der Waals surface area contributed by atoms with Crippen molar-refractivity contribution in [1.29, 1.82) is 0 Å². The zero-order valence-corrected chi connectivity index (χ0v) is 12.9. The van der Waals surface area contributed by atoms with Crippen LogP contribution in [0.25, 0.3) is 0 Å². The Morgan fingerprint density at radius 2 is 1.95 bits per heavy atom. The summed E-state index contributed by atoms with van der Waals surface area (Å²) in [6.45, 7) is 1.77. The fourth-order valence-corrected chi connectivity index (χ4v) is 2.19. The molecule has 0 bridgehead atoms. The van der Waals surface area contributed by atoms with Crippen LogP contribution in [-0.2, 0) is 6.54 Å². The summed E-state index contributed by atoms with van der Waals surface area (Å²) in [4.78, 5) is 10.4. The quantitative estimate of drug-likeness (QED) is 0.471. The lowest BCUT2D eigenvalue weighted by molar-refractivity contribution is -0.385. The van der Waals surface area contributed by atoms with Crippen LogP contribution in [0.5, 0.6) is 5.75 Å². The van der Waals surface area contributed by atoms with Gasteiger partial charge in [-0.05, 0) is 39.7 Å². The number of benzene rings is 2. The van der Waals surface area contributed by atoms with Gasteiger partial charge < -0.3 is 10.1 Å². The molecule has 0 radical (unpaired) electrons. The topological polar surface area (TPSA) is 64.4 Å². The van der Waals surface area contributed by atoms with Crippen LogP contribution in [0.3, 0.4) is 0 Å². The lowest BCUT2D eigenvalue weighted by Gasteiger charge is -2.07. The molecule has 0 spiro atoms. The highest BCUT2D eigenvalue weighted by molar-refractivity contribution is 9.10. The minimum absolute atomic E-state index is 0.0786. The minimum Gasteiger partial charge on any atom is -0.492 e. The van der Waals surface area contributed by atoms with Gasteiger partial charge in [-0.3, -0.25) is 10.1 Å². The predicted molar refractivity (Wildman–Crippen MR) is 84.4 cm³/mol. The summed E-state index contributed by atoms with van der Waals surface area (Å²) >= 11 is 3.17. The normalized spacial score (nSPS) is 10.3. The van der Waals surface area contributed by atoms with Crippen LogP contribution >= 0.6 is 15.9 Å². The van der Waals surface area contributed by atoms with Crippen molar-refractivity contribution in [3.8, 4) is 5.75 Å². The van der Waals surface area contributed by atoms with Gasteiger partial charge in [-0.1, -0.05) is 24.3 Å². The molecule has 0 saturated carbocycles. The van der Waals surface area contributed by atoms with Gasteiger partial charge in [0.05, 0.1) is 9.40 Å². The first-order valence-electron chi connectivity index (χ1n) is 6.48. The van der Waals surface area contributed by atoms with Gasteiger partial charge in [0.15, 0.2) is 0 Å². The van der Waals surface area contributed by atoms with E-state index in [2.05, 4.69) is 21.2 Å². The monoisotopic (exact) mass is 350 g/mol. The number of para-hydroxylation sites is 1. The van der Waals surface area contributed by atoms with E-state index in [0.29, 0.717) is 24.2 Å². The third-order valence-corrected chi connectivity index (χ3v) is 3.50. The highest BCUT2D eigenvalue weighted by Gasteiger charge is 2.11. The van der Waals surface area contributed by atoms with E-state index in [0.717, 1.165) is 11.3 Å². The molecule has 0 unspecified atom stereocenters. The molecule has 0 saturated heterocycles. The molecule has 0 amide bonds. The van der Waals surface area contributed by atoms with Crippen LogP contribution in [0.4, 0.5) is 5.69 Å². The summed E-state index contributed by atoms with van der Waals surface area (Å²) in [5, 5.41) is 14.0. The van der Waals surface area contributed by atoms with Gasteiger partial charge in [0.25, 0.3) is 5.69 Å². The smallest absolute Gasteiger partial charge is 0.283 e. The molecule has 0 aliphatic heterocycles. The number of ether oxygens (including phenoxy) is 1. The summed E-state index contributed by atoms with van der Waals surface area (Å²) in [5.41, 5.74) is 0.944. The molecule has 21 heavy (non-hydrogen) atoms. The molecule has 2 aromatic carbocycles. The number of halogens is 1. The SMILES string of the molecule is O=[N+]([O-])c1cc(CNCCOc2ccccc2)ccc1Br. The Labute approximate surface area is 131 Å². The maximum Gasteiger partial charge on any atom is 0.283 e. The van der Waals surface area contributed by atoms with Crippen LogP contribution in [0.1, 0.15) is 5.56 Å². The molecule has 0 fully saturated rings. The number of hydrogen-bond donors (Lipinski definition) is 1. The van der Waals surface area contributed by atoms with Gasteiger partial charge in [-0.2, -0.15) is 0 Å². The van der Waals surface area contributed by atoms with Crippen LogP contribution in [-0.4, -0.2) is 18.1 Å². The van der Waals surface area contributed by atoms with Crippen molar-refractivity contribution in [1.82, 2.24) is 5.32 Å². The summed E-state index contributed by atoms with van der Waals surface area (Å²) in [6, 6.07) is 14.7. The average Bonchev–Trinajstić information content (AvgIpc) is 2.49. The summed E-state index contributed by atoms with van der Waals surface area (Å²) in [7, 11) is 0. The second-order valence-electron chi connectivity index (χ2n) is 4.38. The molecule has 0 aromatic heterocycles. The van der Waals surface area contributed by atoms with Crippen LogP contribution < -0.4 is 10.1 Å². The maximum atomic E-state index is 10.8. The number of nitro benzene ring substituents is 1. The Bertz CT molecular complexity index is 605. The number of nitro groups is 1. The molecule has 0 heterocycles. The number of nitrogens with zero attached hydrogens (tertiary/aromatic N) is 1. The number of hydrogen-bond acceptors (Lipinski definition) is 4. The number of rotatable bonds is 7. The van der Waals surface area contributed by atoms with Crippen LogP contribution in [0, 0.1) is 10.1 Å². The van der Waals surface area contributed by atoms with Gasteiger partial charge in [0.1, 0.15) is 12.4 Å². The van der Waals surface area contributed by atoms with Gasteiger partial charge in [-0.15, -0.1) is 0 Å². The van der Waals surface area contributed by atoms with Crippen molar-refractivity contribution < 1.29 is 9.66 Å². The standard InChI is InChI=1S/C15H15BrN2O3/c16-14-7-6-12(10-15(14)18(19)20)11-17-8-9-21-13-4-2-1-3-5-13/h1-7,10,17H,8-9,11H2. The molecular weight excluding hydrogens is 336 g/mol. The van der Waals surface area contributed by atoms with E-state index >= 15 is 0 Å². The van der Waals surface area contributed by atoms with Crippen LogP contribution in [0.15, 0.2) is 53.0 Å². The molecule has 110 valence electrons. The predicted octanol–water partition coefficient (Wildman–Crippen LogP) is 3.53. The van der Waals surface area contributed by atoms with Crippen molar-refractivity contribution in [3.05, 3.63) is 68.7 Å². The van der Waals surface area contributed by atoms with Gasteiger partial charge in [0, 0.05) is 19.2 Å². The van der Waals surface area contributed by atoms with Crippen molar-refractivity contribution in [2.75, 3.05) is 13.2 Å². The van der Waals surface area contributed by atoms with E-state index in [1.165, 1.54) is 0 Å². The van der Waals surface area contributed by atoms with Crippen molar-refractivity contribution in [2.45, 2.75) is 6.54 Å². The highest BCUT2D eigenvalue weighted by Crippen LogP contribution is 2.25. The third kappa shape index (κ3) is 4.84. The Morgan fingerprint density at radius 3 is 2.67 bits per heavy atom. The van der Waals surface area contributed by atoms with E-state index in [1.54, 1.807) is 12.1 Å². The first kappa shape index (κ1) is 15.5. The van der Waals surface area contributed by atoms with E-state index in [4.69, 9.17) is 4.74 Å². The third-order valence-electron chi connectivity index (χ3n) is 2.83. The Kier molecular flexibility index (Phi) is 5.71. The maximum absolute atomic E-state index is 10.8. The first-order valence-corrected chi connectivity index (χ1v) is 7.27. The average molecular weight is 351 g/mol. The molecule has 0 atom stereocenters. The van der Waals surface area contributed by atoms with Crippen molar-refractivity contribution in [3.63, 3.8) is 0 Å². The van der Waals surface area contributed by atoms with E-state index in [1.807, 2.05) is 36.4 Å². The van der Waals surface area contributed by atoms with Crippen molar-refractivity contribution >= 4 is 21.6 Å². The summed E-state index contributed by atoms with van der Waals surface area (Å²) in [5.74, 6) is 0.832. The second-order valence-corrected chi connectivity index (χ2v) is 5.24. The van der Waals surface area contributed by atoms with E-state index < -0.39 is 4.92 Å². The molecule has 6 heteroatoms. The Balaban J connectivity index is 1.76. The number of nitrogens with one attached hydrogen (secondary N) is 1. The zero-order chi connectivity index (χ0) is 15.1. The molecule has 0 aliphatic rings. The fourth-order valence-electron chi connectivity index (χ4n) is 1.80. The molecule has 0 aliphatic carbocycles. The fraction of sp³-hybridized carbons (Fsp3) is 0.200. The first-order chi connectivity index (χ1) is 10.2. The summed E-state index contributed by atoms with van der Waals surface area (Å²) in [6.07, 6.45) is 0. The zero-order valence-electron chi connectivity index (χ0n) is 11.3. The summed E-state index contributed by atoms with van der Waals surface area (Å²) < 4.78 is 6.04.